The molecule has 3 nitrogen and oxygen atoms in total. The molecule has 7 heteroatoms. The number of aryl methyl sites for hydroxylation is 1. The van der Waals surface area contributed by atoms with Crippen LogP contribution in [0.5, 0.6) is 5.75 Å². The van der Waals surface area contributed by atoms with Gasteiger partial charge in [-0.05, 0) is 41.3 Å². The number of aliphatic carboxylic acids is 1. The van der Waals surface area contributed by atoms with Crippen LogP contribution in [0.25, 0.3) is 10.8 Å². The minimum Gasteiger partial charge on any atom is -0.488 e. The van der Waals surface area contributed by atoms with Crippen LogP contribution in [-0.2, 0) is 17.8 Å². The highest BCUT2D eigenvalue weighted by Crippen LogP contribution is 2.39. The molecular weight excluding hydrogens is 389 g/mol. The molecule has 3 rings (SSSR count). The SMILES string of the molecule is O=C(O)CCc1ccc(OCc2ccccc2SC(F)(F)F)c2ccccc12. The Kier molecular flexibility index (Phi) is 6.14. The molecule has 0 fully saturated rings. The number of thioether (sulfide) groups is 1. The summed E-state index contributed by atoms with van der Waals surface area (Å²) < 4.78 is 44.1. The lowest BCUT2D eigenvalue weighted by atomic mass is 10.00. The first kappa shape index (κ1) is 20.1. The van der Waals surface area contributed by atoms with Crippen LogP contribution in [0.15, 0.2) is 65.6 Å². The number of rotatable bonds is 7. The maximum Gasteiger partial charge on any atom is 0.446 e. The zero-order valence-corrected chi connectivity index (χ0v) is 15.5. The number of hydrogen-bond acceptors (Lipinski definition) is 3. The summed E-state index contributed by atoms with van der Waals surface area (Å²) in [5, 5.41) is 10.6. The lowest BCUT2D eigenvalue weighted by molar-refractivity contribution is -0.136. The molecule has 3 aromatic rings. The highest BCUT2D eigenvalue weighted by atomic mass is 32.2. The number of halogens is 3. The molecule has 0 aliphatic heterocycles. The van der Waals surface area contributed by atoms with E-state index in [9.17, 15) is 18.0 Å². The van der Waals surface area contributed by atoms with Crippen LogP contribution < -0.4 is 4.74 Å². The average molecular weight is 406 g/mol. The Morgan fingerprint density at radius 2 is 1.61 bits per heavy atom. The molecule has 0 amide bonds. The highest BCUT2D eigenvalue weighted by molar-refractivity contribution is 8.00. The molecule has 0 bridgehead atoms. The van der Waals surface area contributed by atoms with E-state index in [2.05, 4.69) is 0 Å². The summed E-state index contributed by atoms with van der Waals surface area (Å²) in [6.07, 6.45) is 0.410. The van der Waals surface area contributed by atoms with E-state index >= 15 is 0 Å². The number of ether oxygens (including phenoxy) is 1. The van der Waals surface area contributed by atoms with Gasteiger partial charge in [0.05, 0.1) is 0 Å². The average Bonchev–Trinajstić information content (AvgIpc) is 2.64. The van der Waals surface area contributed by atoms with Crippen LogP contribution in [0.1, 0.15) is 17.5 Å². The van der Waals surface area contributed by atoms with Crippen molar-refractivity contribution in [1.29, 1.82) is 0 Å². The van der Waals surface area contributed by atoms with Crippen molar-refractivity contribution in [3.63, 3.8) is 0 Å². The summed E-state index contributed by atoms with van der Waals surface area (Å²) in [6, 6.07) is 17.2. The van der Waals surface area contributed by atoms with Crippen molar-refractivity contribution in [2.75, 3.05) is 0 Å². The minimum absolute atomic E-state index is 0.00226. The number of fused-ring (bicyclic) bond motifs is 1. The third kappa shape index (κ3) is 5.19. The molecule has 1 N–H and O–H groups in total. The third-order valence-corrected chi connectivity index (χ3v) is 5.01. The number of hydrogen-bond donors (Lipinski definition) is 1. The first-order chi connectivity index (χ1) is 13.3. The molecule has 0 heterocycles. The number of carbonyl (C=O) groups is 1. The van der Waals surface area contributed by atoms with Gasteiger partial charge in [-0.15, -0.1) is 0 Å². The second kappa shape index (κ2) is 8.56. The summed E-state index contributed by atoms with van der Waals surface area (Å²) in [5.41, 5.74) is -3.03. The maximum absolute atomic E-state index is 12.7. The molecule has 146 valence electrons. The van der Waals surface area contributed by atoms with E-state index in [4.69, 9.17) is 9.84 Å². The maximum atomic E-state index is 12.7. The summed E-state index contributed by atoms with van der Waals surface area (Å²) >= 11 is -0.158. The van der Waals surface area contributed by atoms with Crippen molar-refractivity contribution < 1.29 is 27.8 Å². The number of carboxylic acid groups (broad SMARTS) is 1. The van der Waals surface area contributed by atoms with Gasteiger partial charge in [-0.1, -0.05) is 48.5 Å². The Hall–Kier alpha value is -2.67. The Labute approximate surface area is 164 Å². The Morgan fingerprint density at radius 3 is 2.32 bits per heavy atom. The zero-order valence-electron chi connectivity index (χ0n) is 14.7. The summed E-state index contributed by atoms with van der Waals surface area (Å²) in [7, 11) is 0. The first-order valence-electron chi connectivity index (χ1n) is 8.52. The summed E-state index contributed by atoms with van der Waals surface area (Å²) in [5.74, 6) is -0.329. The molecule has 0 saturated heterocycles. The van der Waals surface area contributed by atoms with Crippen LogP contribution in [0, 0.1) is 0 Å². The van der Waals surface area contributed by atoms with E-state index in [0.29, 0.717) is 17.7 Å². The van der Waals surface area contributed by atoms with Gasteiger partial charge in [0.2, 0.25) is 0 Å². The van der Waals surface area contributed by atoms with Crippen molar-refractivity contribution in [2.24, 2.45) is 0 Å². The van der Waals surface area contributed by atoms with Crippen molar-refractivity contribution in [1.82, 2.24) is 0 Å². The second-order valence-corrected chi connectivity index (χ2v) is 7.21. The Balaban J connectivity index is 1.84. The molecule has 0 aromatic heterocycles. The zero-order chi connectivity index (χ0) is 20.1. The summed E-state index contributed by atoms with van der Waals surface area (Å²) in [6.45, 7) is -0.00226. The first-order valence-corrected chi connectivity index (χ1v) is 9.34. The van der Waals surface area contributed by atoms with Gasteiger partial charge in [-0.2, -0.15) is 13.2 Å². The quantitative estimate of drug-likeness (QED) is 0.486. The molecule has 0 radical (unpaired) electrons. The van der Waals surface area contributed by atoms with Crippen LogP contribution >= 0.6 is 11.8 Å². The molecule has 0 saturated carbocycles. The van der Waals surface area contributed by atoms with Crippen LogP contribution in [0.2, 0.25) is 0 Å². The van der Waals surface area contributed by atoms with E-state index in [0.717, 1.165) is 16.3 Å². The van der Waals surface area contributed by atoms with E-state index in [1.165, 1.54) is 6.07 Å². The fourth-order valence-electron chi connectivity index (χ4n) is 2.92. The van der Waals surface area contributed by atoms with E-state index < -0.39 is 11.5 Å². The Bertz CT molecular complexity index is 986. The molecule has 0 spiro atoms. The van der Waals surface area contributed by atoms with E-state index in [1.54, 1.807) is 30.3 Å². The van der Waals surface area contributed by atoms with E-state index in [1.807, 2.05) is 24.3 Å². The lowest BCUT2D eigenvalue weighted by Gasteiger charge is -2.15. The number of benzene rings is 3. The van der Waals surface area contributed by atoms with Gasteiger partial charge in [0, 0.05) is 22.3 Å². The lowest BCUT2D eigenvalue weighted by Crippen LogP contribution is -2.03. The predicted octanol–water partition coefficient (Wildman–Crippen LogP) is 6.05. The summed E-state index contributed by atoms with van der Waals surface area (Å²) in [4.78, 5) is 11.0. The van der Waals surface area contributed by atoms with Gasteiger partial charge in [0.25, 0.3) is 0 Å². The molecule has 0 unspecified atom stereocenters. The van der Waals surface area contributed by atoms with Crippen molar-refractivity contribution >= 4 is 28.5 Å². The predicted molar refractivity (Wildman–Crippen MR) is 103 cm³/mol. The molecule has 0 aliphatic carbocycles. The fourth-order valence-corrected chi connectivity index (χ4v) is 3.58. The Morgan fingerprint density at radius 1 is 0.929 bits per heavy atom. The van der Waals surface area contributed by atoms with Crippen LogP contribution in [0.3, 0.4) is 0 Å². The second-order valence-electron chi connectivity index (χ2n) is 6.11. The van der Waals surface area contributed by atoms with Gasteiger partial charge in [0.1, 0.15) is 12.4 Å². The van der Waals surface area contributed by atoms with Gasteiger partial charge < -0.3 is 9.84 Å². The van der Waals surface area contributed by atoms with Gasteiger partial charge in [0.15, 0.2) is 0 Å². The van der Waals surface area contributed by atoms with Crippen molar-refractivity contribution in [3.8, 4) is 5.75 Å². The van der Waals surface area contributed by atoms with Gasteiger partial charge >= 0.3 is 11.5 Å². The fraction of sp³-hybridized carbons (Fsp3) is 0.190. The monoisotopic (exact) mass is 406 g/mol. The molecule has 28 heavy (non-hydrogen) atoms. The van der Waals surface area contributed by atoms with Crippen molar-refractivity contribution in [3.05, 3.63) is 71.8 Å². The number of carboxylic acids is 1. The molecule has 0 aliphatic rings. The largest absolute Gasteiger partial charge is 0.488 e. The topological polar surface area (TPSA) is 46.5 Å². The standard InChI is InChI=1S/C21H17F3O3S/c22-21(23,24)28-19-8-4-1-5-15(19)13-27-18-11-9-14(10-12-20(25)26)16-6-2-3-7-17(16)18/h1-9,11H,10,12-13H2,(H,25,26). The van der Waals surface area contributed by atoms with Crippen molar-refractivity contribution in [2.45, 2.75) is 29.9 Å². The van der Waals surface area contributed by atoms with E-state index in [-0.39, 0.29) is 29.7 Å². The molecule has 0 atom stereocenters. The van der Waals surface area contributed by atoms with Gasteiger partial charge in [-0.25, -0.2) is 0 Å². The molecule has 3 aromatic carbocycles. The normalized spacial score (nSPS) is 11.5. The smallest absolute Gasteiger partial charge is 0.446 e. The molecular formula is C21H17F3O3S. The highest BCUT2D eigenvalue weighted by Gasteiger charge is 2.30. The third-order valence-electron chi connectivity index (χ3n) is 4.16. The number of alkyl halides is 3. The minimum atomic E-state index is -4.37. The van der Waals surface area contributed by atoms with Crippen LogP contribution in [0.4, 0.5) is 13.2 Å². The van der Waals surface area contributed by atoms with Gasteiger partial charge in [-0.3, -0.25) is 4.79 Å². The van der Waals surface area contributed by atoms with Crippen LogP contribution in [-0.4, -0.2) is 16.6 Å².